The molecule has 0 spiro atoms. The van der Waals surface area contributed by atoms with Crippen LogP contribution in [0.25, 0.3) is 0 Å². The Labute approximate surface area is 160 Å². The summed E-state index contributed by atoms with van der Waals surface area (Å²) >= 11 is 0. The van der Waals surface area contributed by atoms with Gasteiger partial charge in [-0.2, -0.15) is 0 Å². The van der Waals surface area contributed by atoms with E-state index in [2.05, 4.69) is 4.72 Å². The first-order valence-corrected chi connectivity index (χ1v) is 10.4. The lowest BCUT2D eigenvalue weighted by Crippen LogP contribution is -2.48. The molecular formula is C20H24N2O4S. The Kier molecular flexibility index (Phi) is 5.53. The number of hydrogen-bond donors (Lipinski definition) is 1. The molecule has 0 aromatic heterocycles. The van der Waals surface area contributed by atoms with Gasteiger partial charge in [0.05, 0.1) is 22.8 Å². The van der Waals surface area contributed by atoms with Crippen LogP contribution in [0.5, 0.6) is 0 Å². The molecule has 7 heteroatoms. The van der Waals surface area contributed by atoms with E-state index >= 15 is 0 Å². The number of para-hydroxylation sites is 1. The first kappa shape index (κ1) is 19.4. The predicted molar refractivity (Wildman–Crippen MR) is 104 cm³/mol. The summed E-state index contributed by atoms with van der Waals surface area (Å²) in [6.45, 7) is 6.76. The van der Waals surface area contributed by atoms with Crippen molar-refractivity contribution >= 4 is 21.6 Å². The maximum atomic E-state index is 12.7. The highest BCUT2D eigenvalue weighted by molar-refractivity contribution is 7.92. The highest BCUT2D eigenvalue weighted by atomic mass is 32.2. The Morgan fingerprint density at radius 3 is 2.22 bits per heavy atom. The van der Waals surface area contributed by atoms with E-state index in [1.807, 2.05) is 32.9 Å². The standard InChI is InChI=1S/C20H24N2O4S/c1-14-6-4-5-7-19(14)21-27(24,25)18-10-8-17(9-11-18)20(23)22-12-15(2)26-16(3)13-22/h4-11,15-16,21H,12-13H2,1-3H3/t15-,16-/m1/s1. The Morgan fingerprint density at radius 1 is 1.04 bits per heavy atom. The van der Waals surface area contributed by atoms with Crippen LogP contribution in [-0.4, -0.2) is 44.5 Å². The molecule has 1 heterocycles. The lowest BCUT2D eigenvalue weighted by atomic mass is 10.1. The van der Waals surface area contributed by atoms with Crippen molar-refractivity contribution in [1.82, 2.24) is 4.90 Å². The van der Waals surface area contributed by atoms with E-state index in [4.69, 9.17) is 4.74 Å². The number of amides is 1. The maximum Gasteiger partial charge on any atom is 0.261 e. The SMILES string of the molecule is Cc1ccccc1NS(=O)(=O)c1ccc(C(=O)N2C[C@@H](C)O[C@H](C)C2)cc1. The van der Waals surface area contributed by atoms with E-state index < -0.39 is 10.0 Å². The number of ether oxygens (including phenoxy) is 1. The Morgan fingerprint density at radius 2 is 1.63 bits per heavy atom. The van der Waals surface area contributed by atoms with Gasteiger partial charge in [-0.25, -0.2) is 8.42 Å². The number of carbonyl (C=O) groups is 1. The molecular weight excluding hydrogens is 364 g/mol. The number of morpholine rings is 1. The minimum Gasteiger partial charge on any atom is -0.372 e. The number of rotatable bonds is 4. The summed E-state index contributed by atoms with van der Waals surface area (Å²) in [5, 5.41) is 0. The molecule has 6 nitrogen and oxygen atoms in total. The van der Waals surface area contributed by atoms with Crippen LogP contribution >= 0.6 is 0 Å². The van der Waals surface area contributed by atoms with Crippen LogP contribution < -0.4 is 4.72 Å². The van der Waals surface area contributed by atoms with Gasteiger partial charge in [0.25, 0.3) is 15.9 Å². The molecule has 1 N–H and O–H groups in total. The summed E-state index contributed by atoms with van der Waals surface area (Å²) in [6.07, 6.45) is -0.0358. The van der Waals surface area contributed by atoms with Crippen LogP contribution in [0.1, 0.15) is 29.8 Å². The zero-order chi connectivity index (χ0) is 19.6. The van der Waals surface area contributed by atoms with E-state index in [1.54, 1.807) is 29.2 Å². The van der Waals surface area contributed by atoms with Gasteiger partial charge in [0.2, 0.25) is 0 Å². The second kappa shape index (κ2) is 7.70. The summed E-state index contributed by atoms with van der Waals surface area (Å²) in [5.74, 6) is -0.118. The summed E-state index contributed by atoms with van der Waals surface area (Å²) in [4.78, 5) is 14.6. The number of anilines is 1. The maximum absolute atomic E-state index is 12.7. The largest absolute Gasteiger partial charge is 0.372 e. The van der Waals surface area contributed by atoms with Gasteiger partial charge in [0.1, 0.15) is 0 Å². The van der Waals surface area contributed by atoms with Crippen molar-refractivity contribution in [3.05, 3.63) is 59.7 Å². The van der Waals surface area contributed by atoms with Crippen molar-refractivity contribution in [3.63, 3.8) is 0 Å². The molecule has 1 aliphatic rings. The Hall–Kier alpha value is -2.38. The second-order valence-electron chi connectivity index (χ2n) is 6.91. The first-order valence-electron chi connectivity index (χ1n) is 8.89. The average Bonchev–Trinajstić information content (AvgIpc) is 2.62. The Bertz CT molecular complexity index is 915. The molecule has 2 aromatic rings. The normalized spacial score (nSPS) is 20.3. The van der Waals surface area contributed by atoms with Gasteiger partial charge >= 0.3 is 0 Å². The van der Waals surface area contributed by atoms with E-state index in [0.717, 1.165) is 5.56 Å². The number of carbonyl (C=O) groups excluding carboxylic acids is 1. The van der Waals surface area contributed by atoms with E-state index in [1.165, 1.54) is 12.1 Å². The van der Waals surface area contributed by atoms with Crippen LogP contribution in [0.4, 0.5) is 5.69 Å². The fourth-order valence-electron chi connectivity index (χ4n) is 3.19. The molecule has 1 saturated heterocycles. The van der Waals surface area contributed by atoms with Crippen LogP contribution in [0.2, 0.25) is 0 Å². The molecule has 1 aliphatic heterocycles. The van der Waals surface area contributed by atoms with Crippen LogP contribution in [-0.2, 0) is 14.8 Å². The summed E-state index contributed by atoms with van der Waals surface area (Å²) in [5.41, 5.74) is 1.84. The number of benzene rings is 2. The molecule has 2 atom stereocenters. The van der Waals surface area contributed by atoms with Gasteiger partial charge in [-0.3, -0.25) is 9.52 Å². The van der Waals surface area contributed by atoms with Gasteiger partial charge < -0.3 is 9.64 Å². The van der Waals surface area contributed by atoms with E-state index in [-0.39, 0.29) is 23.0 Å². The first-order chi connectivity index (χ1) is 12.8. The number of sulfonamides is 1. The van der Waals surface area contributed by atoms with Gasteiger partial charge in [-0.05, 0) is 56.7 Å². The average molecular weight is 388 g/mol. The lowest BCUT2D eigenvalue weighted by molar-refractivity contribution is -0.0586. The molecule has 3 rings (SSSR count). The highest BCUT2D eigenvalue weighted by Crippen LogP contribution is 2.20. The highest BCUT2D eigenvalue weighted by Gasteiger charge is 2.27. The molecule has 27 heavy (non-hydrogen) atoms. The van der Waals surface area contributed by atoms with Crippen LogP contribution in [0.15, 0.2) is 53.4 Å². The second-order valence-corrected chi connectivity index (χ2v) is 8.59. The van der Waals surface area contributed by atoms with Gasteiger partial charge in [-0.15, -0.1) is 0 Å². The molecule has 0 bridgehead atoms. The van der Waals surface area contributed by atoms with Crippen molar-refractivity contribution in [2.24, 2.45) is 0 Å². The van der Waals surface area contributed by atoms with Gasteiger partial charge in [0, 0.05) is 18.7 Å². The Balaban J connectivity index is 1.76. The fourth-order valence-corrected chi connectivity index (χ4v) is 4.32. The summed E-state index contributed by atoms with van der Waals surface area (Å²) in [6, 6.07) is 13.2. The molecule has 0 radical (unpaired) electrons. The molecule has 2 aromatic carbocycles. The lowest BCUT2D eigenvalue weighted by Gasteiger charge is -2.35. The third-order valence-corrected chi connectivity index (χ3v) is 5.89. The van der Waals surface area contributed by atoms with E-state index in [0.29, 0.717) is 24.3 Å². The van der Waals surface area contributed by atoms with E-state index in [9.17, 15) is 13.2 Å². The fraction of sp³-hybridized carbons (Fsp3) is 0.350. The number of aryl methyl sites for hydroxylation is 1. The number of nitrogens with zero attached hydrogens (tertiary/aromatic N) is 1. The van der Waals surface area contributed by atoms with Crippen molar-refractivity contribution in [2.75, 3.05) is 17.8 Å². The van der Waals surface area contributed by atoms with Gasteiger partial charge in [-0.1, -0.05) is 18.2 Å². The number of hydrogen-bond acceptors (Lipinski definition) is 4. The van der Waals surface area contributed by atoms with Crippen LogP contribution in [0, 0.1) is 6.92 Å². The quantitative estimate of drug-likeness (QED) is 0.873. The predicted octanol–water partition coefficient (Wildman–Crippen LogP) is 3.05. The smallest absolute Gasteiger partial charge is 0.261 e. The molecule has 1 fully saturated rings. The zero-order valence-corrected chi connectivity index (χ0v) is 16.5. The molecule has 0 unspecified atom stereocenters. The van der Waals surface area contributed by atoms with Gasteiger partial charge in [0.15, 0.2) is 0 Å². The summed E-state index contributed by atoms with van der Waals surface area (Å²) in [7, 11) is -3.72. The topological polar surface area (TPSA) is 75.7 Å². The monoisotopic (exact) mass is 388 g/mol. The number of nitrogens with one attached hydrogen (secondary N) is 1. The van der Waals surface area contributed by atoms with Crippen molar-refractivity contribution in [1.29, 1.82) is 0 Å². The van der Waals surface area contributed by atoms with Crippen molar-refractivity contribution in [3.8, 4) is 0 Å². The van der Waals surface area contributed by atoms with Crippen LogP contribution in [0.3, 0.4) is 0 Å². The molecule has 0 aliphatic carbocycles. The van der Waals surface area contributed by atoms with Crippen molar-refractivity contribution in [2.45, 2.75) is 37.9 Å². The third kappa shape index (κ3) is 4.48. The zero-order valence-electron chi connectivity index (χ0n) is 15.7. The molecule has 144 valence electrons. The minimum absolute atomic E-state index is 0.0179. The third-order valence-electron chi connectivity index (χ3n) is 4.51. The molecule has 0 saturated carbocycles. The molecule has 1 amide bonds. The minimum atomic E-state index is -3.72. The summed E-state index contributed by atoms with van der Waals surface area (Å²) < 4.78 is 33.4. The van der Waals surface area contributed by atoms with Crippen molar-refractivity contribution < 1.29 is 17.9 Å².